The van der Waals surface area contributed by atoms with Gasteiger partial charge >= 0.3 is 0 Å². The van der Waals surface area contributed by atoms with E-state index in [0.29, 0.717) is 0 Å². The van der Waals surface area contributed by atoms with Crippen LogP contribution in [0.4, 0.5) is 17.1 Å². The molecule has 13 aromatic rings. The van der Waals surface area contributed by atoms with Gasteiger partial charge in [0, 0.05) is 58.4 Å². The molecule has 290 valence electrons. The molecule has 0 saturated heterocycles. The van der Waals surface area contributed by atoms with Gasteiger partial charge in [-0.2, -0.15) is 0 Å². The van der Waals surface area contributed by atoms with E-state index in [1.54, 1.807) is 0 Å². The highest BCUT2D eigenvalue weighted by Gasteiger charge is 2.25. The van der Waals surface area contributed by atoms with Crippen molar-refractivity contribution in [1.82, 2.24) is 0 Å². The largest absolute Gasteiger partial charge is 0.455 e. The molecular formula is C58H35NO2S. The Morgan fingerprint density at radius 3 is 1.82 bits per heavy atom. The van der Waals surface area contributed by atoms with E-state index in [2.05, 4.69) is 211 Å². The lowest BCUT2D eigenvalue weighted by Gasteiger charge is -2.28. The van der Waals surface area contributed by atoms with Crippen molar-refractivity contribution >= 4 is 103 Å². The third-order valence-electron chi connectivity index (χ3n) is 12.5. The SMILES string of the molecule is c1ccc(-c2ccc(N(c3cc4c(cc3-c3ccc(-c5cccc6c5sc5ccccc56)cc3)oc3c5ccccc5ccc43)c3cccc4c3oc3ccccc34)cc2)cc1. The molecule has 0 atom stereocenters. The Balaban J connectivity index is 1.07. The molecule has 3 heterocycles. The van der Waals surface area contributed by atoms with Gasteiger partial charge in [0.2, 0.25) is 0 Å². The van der Waals surface area contributed by atoms with E-state index in [0.717, 1.165) is 88.4 Å². The maximum Gasteiger partial charge on any atom is 0.159 e. The summed E-state index contributed by atoms with van der Waals surface area (Å²) in [4.78, 5) is 2.37. The summed E-state index contributed by atoms with van der Waals surface area (Å²) in [6, 6.07) is 76.1. The molecule has 0 aliphatic rings. The number of hydrogen-bond donors (Lipinski definition) is 0. The fraction of sp³-hybridized carbons (Fsp3) is 0. The number of fused-ring (bicyclic) bond motifs is 11. The summed E-state index contributed by atoms with van der Waals surface area (Å²) in [7, 11) is 0. The van der Waals surface area contributed by atoms with Gasteiger partial charge < -0.3 is 13.7 Å². The normalized spacial score (nSPS) is 11.9. The van der Waals surface area contributed by atoms with Gasteiger partial charge in [-0.1, -0.05) is 164 Å². The van der Waals surface area contributed by atoms with Crippen molar-refractivity contribution in [2.24, 2.45) is 0 Å². The first-order valence-corrected chi connectivity index (χ1v) is 21.8. The Bertz CT molecular complexity index is 3860. The van der Waals surface area contributed by atoms with E-state index in [4.69, 9.17) is 8.83 Å². The smallest absolute Gasteiger partial charge is 0.159 e. The molecule has 0 bridgehead atoms. The zero-order valence-corrected chi connectivity index (χ0v) is 34.2. The van der Waals surface area contributed by atoms with Gasteiger partial charge in [-0.3, -0.25) is 0 Å². The molecule has 0 saturated carbocycles. The van der Waals surface area contributed by atoms with Crippen molar-refractivity contribution in [3.8, 4) is 33.4 Å². The Morgan fingerprint density at radius 2 is 0.968 bits per heavy atom. The minimum atomic E-state index is 0.835. The van der Waals surface area contributed by atoms with E-state index in [1.165, 1.54) is 36.9 Å². The van der Waals surface area contributed by atoms with Crippen molar-refractivity contribution in [2.75, 3.05) is 4.90 Å². The highest BCUT2D eigenvalue weighted by molar-refractivity contribution is 7.26. The molecule has 0 spiro atoms. The molecule has 3 aromatic heterocycles. The van der Waals surface area contributed by atoms with Gasteiger partial charge in [-0.05, 0) is 81.7 Å². The predicted octanol–water partition coefficient (Wildman–Crippen LogP) is 17.5. The van der Waals surface area contributed by atoms with Crippen molar-refractivity contribution in [1.29, 1.82) is 0 Å². The lowest BCUT2D eigenvalue weighted by Crippen LogP contribution is -2.11. The lowest BCUT2D eigenvalue weighted by atomic mass is 9.96. The Kier molecular flexibility index (Phi) is 7.78. The predicted molar refractivity (Wildman–Crippen MR) is 262 cm³/mol. The van der Waals surface area contributed by atoms with E-state index < -0.39 is 0 Å². The molecule has 0 amide bonds. The maximum absolute atomic E-state index is 6.88. The van der Waals surface area contributed by atoms with Crippen LogP contribution in [0.1, 0.15) is 0 Å². The van der Waals surface area contributed by atoms with Gasteiger partial charge in [-0.15, -0.1) is 11.3 Å². The Labute approximate surface area is 360 Å². The number of nitrogens with zero attached hydrogens (tertiary/aromatic N) is 1. The average molecular weight is 810 g/mol. The summed E-state index contributed by atoms with van der Waals surface area (Å²) in [5.74, 6) is 0. The first-order chi connectivity index (χ1) is 30.7. The minimum Gasteiger partial charge on any atom is -0.455 e. The second-order valence-corrected chi connectivity index (χ2v) is 17.0. The van der Waals surface area contributed by atoms with E-state index >= 15 is 0 Å². The quantitative estimate of drug-likeness (QED) is 0.168. The van der Waals surface area contributed by atoms with Gasteiger partial charge in [0.15, 0.2) is 5.58 Å². The Hall–Kier alpha value is -7.92. The highest BCUT2D eigenvalue weighted by atomic mass is 32.1. The van der Waals surface area contributed by atoms with Crippen LogP contribution in [0.3, 0.4) is 0 Å². The molecule has 3 nitrogen and oxygen atoms in total. The third kappa shape index (κ3) is 5.44. The van der Waals surface area contributed by atoms with Gasteiger partial charge in [0.25, 0.3) is 0 Å². The molecule has 4 heteroatoms. The summed E-state index contributed by atoms with van der Waals surface area (Å²) in [6.07, 6.45) is 0. The number of para-hydroxylation sites is 2. The summed E-state index contributed by atoms with van der Waals surface area (Å²) >= 11 is 1.86. The lowest BCUT2D eigenvalue weighted by molar-refractivity contribution is 0.669. The van der Waals surface area contributed by atoms with Gasteiger partial charge in [0.1, 0.15) is 16.7 Å². The third-order valence-corrected chi connectivity index (χ3v) is 13.7. The number of anilines is 3. The van der Waals surface area contributed by atoms with Crippen molar-refractivity contribution in [3.63, 3.8) is 0 Å². The van der Waals surface area contributed by atoms with Crippen LogP contribution in [0, 0.1) is 0 Å². The van der Waals surface area contributed by atoms with E-state index in [9.17, 15) is 0 Å². The highest BCUT2D eigenvalue weighted by Crippen LogP contribution is 2.49. The molecule has 10 aromatic carbocycles. The number of thiophene rings is 1. The van der Waals surface area contributed by atoms with Crippen molar-refractivity contribution < 1.29 is 8.83 Å². The molecule has 62 heavy (non-hydrogen) atoms. The van der Waals surface area contributed by atoms with Crippen LogP contribution in [0.5, 0.6) is 0 Å². The summed E-state index contributed by atoms with van der Waals surface area (Å²) in [5.41, 5.74) is 13.3. The van der Waals surface area contributed by atoms with Crippen LogP contribution in [0.15, 0.2) is 221 Å². The Morgan fingerprint density at radius 1 is 0.339 bits per heavy atom. The van der Waals surface area contributed by atoms with Gasteiger partial charge in [-0.25, -0.2) is 0 Å². The molecule has 13 rings (SSSR count). The topological polar surface area (TPSA) is 29.5 Å². The molecule has 0 fully saturated rings. The molecule has 0 aliphatic carbocycles. The van der Waals surface area contributed by atoms with Gasteiger partial charge in [0.05, 0.1) is 11.4 Å². The summed E-state index contributed by atoms with van der Waals surface area (Å²) in [5, 5.41) is 9.16. The standard InChI is InChI=1S/C58H35NO2S/c1-2-12-36(13-3-1)37-28-31-41(32-29-37)59(51-21-11-19-46-44-16-6-8-22-53(44)60-57(46)51)52-34-50-47-33-30-38-14-4-5-15-42(38)56(47)61-54(50)35-49(52)40-26-24-39(25-27-40)43-18-10-20-48-45-17-7-9-23-55(45)62-58(43)48/h1-35H. The van der Waals surface area contributed by atoms with Crippen LogP contribution < -0.4 is 4.90 Å². The van der Waals surface area contributed by atoms with Crippen molar-refractivity contribution in [3.05, 3.63) is 212 Å². The van der Waals surface area contributed by atoms with E-state index in [-0.39, 0.29) is 0 Å². The zero-order valence-electron chi connectivity index (χ0n) is 33.4. The summed E-state index contributed by atoms with van der Waals surface area (Å²) < 4.78 is 16.3. The van der Waals surface area contributed by atoms with Crippen LogP contribution in [0.25, 0.3) is 108 Å². The second kappa shape index (κ2) is 13.8. The summed E-state index contributed by atoms with van der Waals surface area (Å²) in [6.45, 7) is 0. The number of furan rings is 2. The van der Waals surface area contributed by atoms with Crippen LogP contribution in [-0.2, 0) is 0 Å². The zero-order chi connectivity index (χ0) is 40.7. The van der Waals surface area contributed by atoms with Crippen LogP contribution in [-0.4, -0.2) is 0 Å². The molecule has 0 unspecified atom stereocenters. The number of hydrogen-bond acceptors (Lipinski definition) is 4. The molecular weight excluding hydrogens is 775 g/mol. The molecule has 0 radical (unpaired) electrons. The minimum absolute atomic E-state index is 0.835. The monoisotopic (exact) mass is 809 g/mol. The number of benzene rings is 10. The van der Waals surface area contributed by atoms with Crippen LogP contribution >= 0.6 is 11.3 Å². The fourth-order valence-electron chi connectivity index (χ4n) is 9.51. The number of rotatable bonds is 6. The molecule has 0 aliphatic heterocycles. The first kappa shape index (κ1) is 34.9. The second-order valence-electron chi connectivity index (χ2n) is 16.0. The maximum atomic E-state index is 6.88. The van der Waals surface area contributed by atoms with Crippen molar-refractivity contribution in [2.45, 2.75) is 0 Å². The first-order valence-electron chi connectivity index (χ1n) is 21.0. The average Bonchev–Trinajstić information content (AvgIpc) is 4.04. The van der Waals surface area contributed by atoms with Crippen LogP contribution in [0.2, 0.25) is 0 Å². The fourth-order valence-corrected chi connectivity index (χ4v) is 10.7. The molecule has 0 N–H and O–H groups in total. The van der Waals surface area contributed by atoms with E-state index in [1.807, 2.05) is 17.4 Å².